The summed E-state index contributed by atoms with van der Waals surface area (Å²) in [5, 5.41) is 9.15. The van der Waals surface area contributed by atoms with Crippen molar-refractivity contribution < 1.29 is 14.6 Å². The van der Waals surface area contributed by atoms with E-state index in [1.54, 1.807) is 24.3 Å². The highest BCUT2D eigenvalue weighted by molar-refractivity contribution is 5.74. The number of aliphatic hydroxyl groups excluding tert-OH is 1. The van der Waals surface area contributed by atoms with E-state index in [9.17, 15) is 4.79 Å². The molecule has 1 N–H and O–H groups in total. The van der Waals surface area contributed by atoms with Crippen LogP contribution in [0.15, 0.2) is 24.3 Å². The maximum absolute atomic E-state index is 10.3. The second kappa shape index (κ2) is 4.62. The molecule has 0 spiro atoms. The van der Waals surface area contributed by atoms with Gasteiger partial charge in [0, 0.05) is 12.0 Å². The van der Waals surface area contributed by atoms with Gasteiger partial charge in [0.05, 0.1) is 0 Å². The molecular weight excluding hydrogens is 168 g/mol. The lowest BCUT2D eigenvalue weighted by Gasteiger charge is -2.10. The summed E-state index contributed by atoms with van der Waals surface area (Å²) in [6.07, 6.45) is 0.525. The minimum atomic E-state index is -0.776. The highest BCUT2D eigenvalue weighted by Gasteiger charge is 2.01. The molecule has 1 atom stereocenters. The van der Waals surface area contributed by atoms with Crippen molar-refractivity contribution in [2.45, 2.75) is 19.6 Å². The van der Waals surface area contributed by atoms with Crippen LogP contribution < -0.4 is 4.74 Å². The SMILES string of the molecule is CCC(O)Oc1ccc(C=O)cc1. The van der Waals surface area contributed by atoms with Gasteiger partial charge in [-0.2, -0.15) is 0 Å². The number of carbonyl (C=O) groups is 1. The molecule has 0 amide bonds. The molecule has 13 heavy (non-hydrogen) atoms. The molecule has 1 unspecified atom stereocenters. The molecule has 0 aromatic heterocycles. The van der Waals surface area contributed by atoms with Crippen LogP contribution in [0.1, 0.15) is 23.7 Å². The van der Waals surface area contributed by atoms with Gasteiger partial charge < -0.3 is 9.84 Å². The lowest BCUT2D eigenvalue weighted by molar-refractivity contribution is -0.0191. The minimum absolute atomic E-state index is 0.537. The van der Waals surface area contributed by atoms with Crippen molar-refractivity contribution in [3.8, 4) is 5.75 Å². The van der Waals surface area contributed by atoms with E-state index in [0.29, 0.717) is 17.7 Å². The molecule has 0 heterocycles. The monoisotopic (exact) mass is 180 g/mol. The van der Waals surface area contributed by atoms with Crippen LogP contribution in [0.3, 0.4) is 0 Å². The summed E-state index contributed by atoms with van der Waals surface area (Å²) in [5.74, 6) is 0.569. The molecule has 0 fully saturated rings. The smallest absolute Gasteiger partial charge is 0.197 e. The molecule has 0 saturated heterocycles. The molecule has 3 heteroatoms. The minimum Gasteiger partial charge on any atom is -0.465 e. The topological polar surface area (TPSA) is 46.5 Å². The number of hydrogen-bond acceptors (Lipinski definition) is 3. The summed E-state index contributed by atoms with van der Waals surface area (Å²) in [6, 6.07) is 6.60. The van der Waals surface area contributed by atoms with Crippen molar-refractivity contribution >= 4 is 6.29 Å². The number of aliphatic hydroxyl groups is 1. The first kappa shape index (κ1) is 9.74. The Hall–Kier alpha value is -1.35. The summed E-state index contributed by atoms with van der Waals surface area (Å²) in [5.41, 5.74) is 0.596. The van der Waals surface area contributed by atoms with E-state index in [-0.39, 0.29) is 0 Å². The van der Waals surface area contributed by atoms with E-state index < -0.39 is 6.29 Å². The summed E-state index contributed by atoms with van der Waals surface area (Å²) >= 11 is 0. The third-order valence-electron chi connectivity index (χ3n) is 1.64. The Bertz CT molecular complexity index is 266. The van der Waals surface area contributed by atoms with Crippen LogP contribution in [0.2, 0.25) is 0 Å². The van der Waals surface area contributed by atoms with E-state index in [0.717, 1.165) is 6.29 Å². The van der Waals surface area contributed by atoms with Crippen LogP contribution in [0.25, 0.3) is 0 Å². The fourth-order valence-corrected chi connectivity index (χ4v) is 0.865. The second-order valence-electron chi connectivity index (χ2n) is 2.67. The number of rotatable bonds is 4. The Balaban J connectivity index is 2.63. The van der Waals surface area contributed by atoms with Crippen LogP contribution in [-0.4, -0.2) is 17.7 Å². The van der Waals surface area contributed by atoms with Gasteiger partial charge in [0.15, 0.2) is 6.29 Å². The van der Waals surface area contributed by atoms with Gasteiger partial charge in [0.2, 0.25) is 0 Å². The Kier molecular flexibility index (Phi) is 3.46. The van der Waals surface area contributed by atoms with Gasteiger partial charge in [-0.15, -0.1) is 0 Å². The van der Waals surface area contributed by atoms with Gasteiger partial charge in [0.25, 0.3) is 0 Å². The van der Waals surface area contributed by atoms with Crippen molar-refractivity contribution in [1.82, 2.24) is 0 Å². The van der Waals surface area contributed by atoms with Crippen LogP contribution in [0.5, 0.6) is 5.75 Å². The quantitative estimate of drug-likeness (QED) is 0.565. The normalized spacial score (nSPS) is 12.2. The molecule has 0 radical (unpaired) electrons. The first-order valence-corrected chi connectivity index (χ1v) is 4.16. The molecule has 0 saturated carbocycles. The number of hydrogen-bond donors (Lipinski definition) is 1. The van der Waals surface area contributed by atoms with E-state index in [2.05, 4.69) is 0 Å². The molecule has 0 aliphatic rings. The summed E-state index contributed by atoms with van der Waals surface area (Å²) in [6.45, 7) is 1.82. The van der Waals surface area contributed by atoms with Crippen LogP contribution in [-0.2, 0) is 0 Å². The van der Waals surface area contributed by atoms with E-state index in [1.165, 1.54) is 0 Å². The standard InChI is InChI=1S/C10H12O3/c1-2-10(12)13-9-5-3-8(7-11)4-6-9/h3-7,10,12H,2H2,1H3. The van der Waals surface area contributed by atoms with Gasteiger partial charge in [-0.1, -0.05) is 6.92 Å². The van der Waals surface area contributed by atoms with E-state index >= 15 is 0 Å². The predicted octanol–water partition coefficient (Wildman–Crippen LogP) is 1.61. The van der Waals surface area contributed by atoms with E-state index in [4.69, 9.17) is 9.84 Å². The summed E-state index contributed by atoms with van der Waals surface area (Å²) in [7, 11) is 0. The molecule has 1 rings (SSSR count). The zero-order valence-electron chi connectivity index (χ0n) is 7.43. The average Bonchev–Trinajstić information content (AvgIpc) is 2.19. The Morgan fingerprint density at radius 1 is 1.46 bits per heavy atom. The zero-order chi connectivity index (χ0) is 9.68. The molecule has 1 aromatic carbocycles. The van der Waals surface area contributed by atoms with Gasteiger partial charge in [-0.25, -0.2) is 0 Å². The van der Waals surface area contributed by atoms with Crippen molar-refractivity contribution in [3.05, 3.63) is 29.8 Å². The highest BCUT2D eigenvalue weighted by atomic mass is 16.6. The summed E-state index contributed by atoms with van der Waals surface area (Å²) in [4.78, 5) is 10.3. The molecule has 70 valence electrons. The van der Waals surface area contributed by atoms with Crippen LogP contribution in [0, 0.1) is 0 Å². The molecule has 0 aliphatic heterocycles. The molecule has 0 aliphatic carbocycles. The fourth-order valence-electron chi connectivity index (χ4n) is 0.865. The van der Waals surface area contributed by atoms with Crippen LogP contribution in [0.4, 0.5) is 0 Å². The number of carbonyl (C=O) groups excluding carboxylic acids is 1. The Morgan fingerprint density at radius 3 is 2.54 bits per heavy atom. The second-order valence-corrected chi connectivity index (χ2v) is 2.67. The van der Waals surface area contributed by atoms with Crippen molar-refractivity contribution in [3.63, 3.8) is 0 Å². The lowest BCUT2D eigenvalue weighted by atomic mass is 10.2. The lowest BCUT2D eigenvalue weighted by Crippen LogP contribution is -2.13. The van der Waals surface area contributed by atoms with Crippen molar-refractivity contribution in [2.75, 3.05) is 0 Å². The van der Waals surface area contributed by atoms with Gasteiger partial charge in [-0.3, -0.25) is 4.79 Å². The zero-order valence-corrected chi connectivity index (χ0v) is 7.43. The maximum Gasteiger partial charge on any atom is 0.197 e. The third kappa shape index (κ3) is 2.87. The fraction of sp³-hybridized carbons (Fsp3) is 0.300. The Labute approximate surface area is 77.0 Å². The van der Waals surface area contributed by atoms with E-state index in [1.807, 2.05) is 6.92 Å². The van der Waals surface area contributed by atoms with Crippen molar-refractivity contribution in [1.29, 1.82) is 0 Å². The van der Waals surface area contributed by atoms with Crippen molar-refractivity contribution in [2.24, 2.45) is 0 Å². The first-order chi connectivity index (χ1) is 6.26. The van der Waals surface area contributed by atoms with Gasteiger partial charge in [-0.05, 0) is 24.3 Å². The average molecular weight is 180 g/mol. The molecular formula is C10H12O3. The molecule has 1 aromatic rings. The van der Waals surface area contributed by atoms with Crippen LogP contribution >= 0.6 is 0 Å². The predicted molar refractivity (Wildman–Crippen MR) is 48.8 cm³/mol. The molecule has 3 nitrogen and oxygen atoms in total. The highest BCUT2D eigenvalue weighted by Crippen LogP contribution is 2.12. The molecule has 0 bridgehead atoms. The van der Waals surface area contributed by atoms with Gasteiger partial charge in [0.1, 0.15) is 12.0 Å². The maximum atomic E-state index is 10.3. The number of benzene rings is 1. The Morgan fingerprint density at radius 2 is 2.08 bits per heavy atom. The third-order valence-corrected chi connectivity index (χ3v) is 1.64. The number of aldehydes is 1. The number of ether oxygens (including phenoxy) is 1. The van der Waals surface area contributed by atoms with Gasteiger partial charge >= 0.3 is 0 Å². The largest absolute Gasteiger partial charge is 0.465 e. The first-order valence-electron chi connectivity index (χ1n) is 4.16. The summed E-state index contributed by atoms with van der Waals surface area (Å²) < 4.78 is 5.10.